The van der Waals surface area contributed by atoms with Crippen molar-refractivity contribution in [1.29, 1.82) is 0 Å². The molecular formula is C11H30O5Si4. The third-order valence-corrected chi connectivity index (χ3v) is 17.6. The van der Waals surface area contributed by atoms with Gasteiger partial charge in [0.1, 0.15) is 0 Å². The third kappa shape index (κ3) is 5.31. The van der Waals surface area contributed by atoms with E-state index in [-0.39, 0.29) is 0 Å². The predicted octanol–water partition coefficient (Wildman–Crippen LogP) is 2.42. The predicted molar refractivity (Wildman–Crippen MR) is 91.9 cm³/mol. The molecule has 0 aliphatic carbocycles. The van der Waals surface area contributed by atoms with E-state index in [0.717, 1.165) is 4.82 Å². The van der Waals surface area contributed by atoms with E-state index in [1.54, 1.807) is 21.3 Å². The third-order valence-electron chi connectivity index (χ3n) is 2.92. The monoisotopic (exact) mass is 354 g/mol. The van der Waals surface area contributed by atoms with Crippen LogP contribution in [0.2, 0.25) is 39.3 Å². The summed E-state index contributed by atoms with van der Waals surface area (Å²) in [5.41, 5.74) is 0. The highest BCUT2D eigenvalue weighted by molar-refractivity contribution is 6.99. The van der Waals surface area contributed by atoms with Crippen LogP contribution < -0.4 is 0 Å². The molecule has 0 heterocycles. The number of hydrogen-bond acceptors (Lipinski definition) is 5. The Morgan fingerprint density at radius 1 is 0.900 bits per heavy atom. The van der Waals surface area contributed by atoms with Gasteiger partial charge in [0.05, 0.1) is 0 Å². The molecule has 0 aromatic heterocycles. The Bertz CT molecular complexity index is 321. The van der Waals surface area contributed by atoms with Crippen molar-refractivity contribution in [3.63, 3.8) is 0 Å². The van der Waals surface area contributed by atoms with Crippen molar-refractivity contribution in [3.8, 4) is 0 Å². The maximum absolute atomic E-state index is 6.39. The first-order valence-corrected chi connectivity index (χ1v) is 16.9. The van der Waals surface area contributed by atoms with E-state index in [2.05, 4.69) is 45.9 Å². The van der Waals surface area contributed by atoms with Gasteiger partial charge in [0.25, 0.3) is 0 Å². The van der Waals surface area contributed by atoms with E-state index in [9.17, 15) is 0 Å². The minimum absolute atomic E-state index is 0.840. The lowest BCUT2D eigenvalue weighted by atomic mass is 11.2. The van der Waals surface area contributed by atoms with Crippen molar-refractivity contribution in [3.05, 3.63) is 11.4 Å². The zero-order chi connectivity index (χ0) is 16.2. The van der Waals surface area contributed by atoms with E-state index in [0.29, 0.717) is 0 Å². The summed E-state index contributed by atoms with van der Waals surface area (Å²) in [6, 6.07) is 0. The fourth-order valence-electron chi connectivity index (χ4n) is 2.26. The highest BCUT2D eigenvalue weighted by Crippen LogP contribution is 2.29. The summed E-state index contributed by atoms with van der Waals surface area (Å²) in [4.78, 5) is 0.840. The van der Waals surface area contributed by atoms with Crippen LogP contribution in [0.25, 0.3) is 0 Å². The second kappa shape index (κ2) is 7.60. The van der Waals surface area contributed by atoms with Crippen LogP contribution in [0.15, 0.2) is 11.4 Å². The standard InChI is InChI=1S/C11H30O5Si4/c1-11(20(12-2,13-3)14-4)18(7,8)16-19(9,10)15-17(5)6/h17H,1H2,2-10H3. The molecule has 0 bridgehead atoms. The average molecular weight is 355 g/mol. The molecule has 0 atom stereocenters. The van der Waals surface area contributed by atoms with Gasteiger partial charge < -0.3 is 21.5 Å². The second-order valence-corrected chi connectivity index (χ2v) is 19.5. The quantitative estimate of drug-likeness (QED) is 0.595. The fraction of sp³-hybridized carbons (Fsp3) is 0.818. The van der Waals surface area contributed by atoms with Crippen LogP contribution in [0, 0.1) is 0 Å². The van der Waals surface area contributed by atoms with Gasteiger partial charge in [0, 0.05) is 26.1 Å². The topological polar surface area (TPSA) is 46.2 Å². The second-order valence-electron chi connectivity index (χ2n) is 5.83. The summed E-state index contributed by atoms with van der Waals surface area (Å²) >= 11 is 0. The molecule has 0 radical (unpaired) electrons. The fourth-order valence-corrected chi connectivity index (χ4v) is 18.4. The van der Waals surface area contributed by atoms with Crippen molar-refractivity contribution < 1.29 is 21.5 Å². The molecule has 0 aromatic rings. The molecule has 0 rings (SSSR count). The van der Waals surface area contributed by atoms with Crippen LogP contribution in [0.4, 0.5) is 0 Å². The molecule has 9 heteroatoms. The van der Waals surface area contributed by atoms with Gasteiger partial charge in [0.15, 0.2) is 9.04 Å². The van der Waals surface area contributed by atoms with Crippen LogP contribution in [0.1, 0.15) is 0 Å². The Morgan fingerprint density at radius 3 is 1.60 bits per heavy atom. The molecular weight excluding hydrogens is 324 g/mol. The lowest BCUT2D eigenvalue weighted by Gasteiger charge is -2.39. The van der Waals surface area contributed by atoms with Crippen LogP contribution in [0.3, 0.4) is 0 Å². The molecule has 5 nitrogen and oxygen atoms in total. The first kappa shape index (κ1) is 20.4. The summed E-state index contributed by atoms with van der Waals surface area (Å²) in [5.74, 6) is 0. The largest absolute Gasteiger partial charge is 0.529 e. The normalized spacial score (nSPS) is 13.9. The Morgan fingerprint density at radius 2 is 1.30 bits per heavy atom. The van der Waals surface area contributed by atoms with Gasteiger partial charge in [-0.15, -0.1) is 0 Å². The van der Waals surface area contributed by atoms with Crippen molar-refractivity contribution >= 4 is 34.7 Å². The van der Waals surface area contributed by atoms with Crippen molar-refractivity contribution in [1.82, 2.24) is 0 Å². The van der Waals surface area contributed by atoms with Gasteiger partial charge in [-0.2, -0.15) is 0 Å². The van der Waals surface area contributed by atoms with Crippen LogP contribution >= 0.6 is 0 Å². The van der Waals surface area contributed by atoms with E-state index in [1.165, 1.54) is 0 Å². The van der Waals surface area contributed by atoms with Crippen molar-refractivity contribution in [2.45, 2.75) is 39.3 Å². The van der Waals surface area contributed by atoms with Gasteiger partial charge in [-0.3, -0.25) is 0 Å². The molecule has 0 aliphatic rings. The number of rotatable bonds is 9. The zero-order valence-corrected chi connectivity index (χ0v) is 18.5. The molecule has 120 valence electrons. The Balaban J connectivity index is 5.17. The van der Waals surface area contributed by atoms with E-state index >= 15 is 0 Å². The van der Waals surface area contributed by atoms with Gasteiger partial charge >= 0.3 is 17.4 Å². The molecule has 0 N–H and O–H groups in total. The maximum atomic E-state index is 6.39. The molecule has 0 saturated carbocycles. The summed E-state index contributed by atoms with van der Waals surface area (Å²) < 4.78 is 29.0. The lowest BCUT2D eigenvalue weighted by Crippen LogP contribution is -2.58. The summed E-state index contributed by atoms with van der Waals surface area (Å²) in [6.07, 6.45) is 0. The minimum Gasteiger partial charge on any atom is -0.440 e. The molecule has 0 fully saturated rings. The first-order chi connectivity index (χ1) is 8.96. The van der Waals surface area contributed by atoms with Gasteiger partial charge in [0.2, 0.25) is 8.32 Å². The Hall–Kier alpha value is 0.408. The van der Waals surface area contributed by atoms with Crippen molar-refractivity contribution in [2.75, 3.05) is 21.3 Å². The van der Waals surface area contributed by atoms with Crippen LogP contribution in [0.5, 0.6) is 0 Å². The average Bonchev–Trinajstić information content (AvgIpc) is 2.28. The molecule has 0 aliphatic heterocycles. The molecule has 0 aromatic carbocycles. The Labute approximate surface area is 128 Å². The van der Waals surface area contributed by atoms with E-state index < -0.39 is 34.7 Å². The Kier molecular flexibility index (Phi) is 7.76. The molecule has 20 heavy (non-hydrogen) atoms. The van der Waals surface area contributed by atoms with E-state index in [1.807, 2.05) is 0 Å². The van der Waals surface area contributed by atoms with Gasteiger partial charge in [-0.25, -0.2) is 0 Å². The molecule has 0 amide bonds. The van der Waals surface area contributed by atoms with Crippen LogP contribution in [-0.4, -0.2) is 56.1 Å². The minimum atomic E-state index is -2.88. The highest BCUT2D eigenvalue weighted by atomic mass is 28.5. The van der Waals surface area contributed by atoms with E-state index in [4.69, 9.17) is 21.5 Å². The maximum Gasteiger partial charge on any atom is 0.529 e. The summed E-state index contributed by atoms with van der Waals surface area (Å²) in [6.45, 7) is 16.8. The number of hydrogen-bond donors (Lipinski definition) is 0. The lowest BCUT2D eigenvalue weighted by molar-refractivity contribution is 0.136. The SMILES string of the molecule is C=C([Si](C)(C)O[Si](C)(C)O[SiH](C)C)[Si](OC)(OC)OC. The van der Waals surface area contributed by atoms with Gasteiger partial charge in [-0.05, 0) is 39.3 Å². The molecule has 0 saturated heterocycles. The summed E-state index contributed by atoms with van der Waals surface area (Å²) in [5, 5.41) is 0. The first-order valence-electron chi connectivity index (χ1n) is 6.69. The molecule has 0 spiro atoms. The zero-order valence-electron chi connectivity index (χ0n) is 14.3. The van der Waals surface area contributed by atoms with Crippen molar-refractivity contribution in [2.24, 2.45) is 0 Å². The smallest absolute Gasteiger partial charge is 0.440 e. The highest BCUT2D eigenvalue weighted by Gasteiger charge is 2.52. The summed E-state index contributed by atoms with van der Waals surface area (Å²) in [7, 11) is -3.65. The van der Waals surface area contributed by atoms with Crippen LogP contribution in [-0.2, 0) is 21.5 Å². The van der Waals surface area contributed by atoms with Gasteiger partial charge in [-0.1, -0.05) is 6.58 Å². The molecule has 0 unspecified atom stereocenters.